The summed E-state index contributed by atoms with van der Waals surface area (Å²) in [5, 5.41) is 0. The minimum Gasteiger partial charge on any atom is -0.229 e. The van der Waals surface area contributed by atoms with E-state index < -0.39 is 0 Å². The third-order valence-electron chi connectivity index (χ3n) is 3.96. The third kappa shape index (κ3) is 3.81. The van der Waals surface area contributed by atoms with Crippen LogP contribution in [-0.4, -0.2) is 39.4 Å². The molecule has 1 fully saturated rings. The standard InChI is InChI=1S/C14H30N2S2/c1-6-8-10-13-14(11-9-7-2)16(18-5)12(3)15(13)17-4/h12-14H,6-11H2,1-5H3/t12?,13-,14?/m1/s1. The van der Waals surface area contributed by atoms with E-state index in [1.165, 1.54) is 38.5 Å². The molecule has 0 amide bonds. The van der Waals surface area contributed by atoms with Crippen LogP contribution in [0.3, 0.4) is 0 Å². The van der Waals surface area contributed by atoms with Crippen LogP contribution in [0.15, 0.2) is 0 Å². The Balaban J connectivity index is 2.75. The molecule has 0 aromatic heterocycles. The molecule has 1 rings (SSSR count). The first-order valence-corrected chi connectivity index (χ1v) is 9.72. The van der Waals surface area contributed by atoms with Gasteiger partial charge in [0.05, 0.1) is 6.17 Å². The van der Waals surface area contributed by atoms with Crippen molar-refractivity contribution in [1.82, 2.24) is 8.61 Å². The first kappa shape index (κ1) is 16.7. The minimum atomic E-state index is 0.568. The summed E-state index contributed by atoms with van der Waals surface area (Å²) in [6.07, 6.45) is 13.1. The fraction of sp³-hybridized carbons (Fsp3) is 1.00. The van der Waals surface area contributed by atoms with Crippen LogP contribution in [0.1, 0.15) is 59.3 Å². The summed E-state index contributed by atoms with van der Waals surface area (Å²) < 4.78 is 5.26. The first-order valence-electron chi connectivity index (χ1n) is 7.36. The smallest absolute Gasteiger partial charge is 0.0795 e. The van der Waals surface area contributed by atoms with Crippen LogP contribution in [0, 0.1) is 0 Å². The van der Waals surface area contributed by atoms with E-state index in [1.54, 1.807) is 0 Å². The second kappa shape index (κ2) is 8.72. The van der Waals surface area contributed by atoms with Crippen molar-refractivity contribution in [3.63, 3.8) is 0 Å². The van der Waals surface area contributed by atoms with Gasteiger partial charge < -0.3 is 0 Å². The molecular weight excluding hydrogens is 260 g/mol. The van der Waals surface area contributed by atoms with Crippen molar-refractivity contribution in [2.24, 2.45) is 0 Å². The third-order valence-corrected chi connectivity index (χ3v) is 5.96. The van der Waals surface area contributed by atoms with Crippen molar-refractivity contribution in [2.75, 3.05) is 12.5 Å². The SMILES string of the molecule is CCCCC1[C@@H](CCCC)N(SC)C(C)N1SC. The molecule has 0 radical (unpaired) electrons. The summed E-state index contributed by atoms with van der Waals surface area (Å²) in [4.78, 5) is 0. The Kier molecular flexibility index (Phi) is 8.08. The van der Waals surface area contributed by atoms with Gasteiger partial charge in [-0.25, -0.2) is 8.61 Å². The maximum atomic E-state index is 2.63. The van der Waals surface area contributed by atoms with Gasteiger partial charge in [-0.1, -0.05) is 63.4 Å². The molecule has 0 aromatic carbocycles. The summed E-state index contributed by atoms with van der Waals surface area (Å²) in [7, 11) is 0. The molecule has 1 aliphatic rings. The van der Waals surface area contributed by atoms with Crippen molar-refractivity contribution in [1.29, 1.82) is 0 Å². The lowest BCUT2D eigenvalue weighted by Crippen LogP contribution is -2.33. The quantitative estimate of drug-likeness (QED) is 0.601. The maximum Gasteiger partial charge on any atom is 0.0795 e. The van der Waals surface area contributed by atoms with E-state index in [2.05, 4.69) is 41.9 Å². The molecule has 1 heterocycles. The molecule has 0 N–H and O–H groups in total. The van der Waals surface area contributed by atoms with Gasteiger partial charge in [0, 0.05) is 12.1 Å². The fourth-order valence-electron chi connectivity index (χ4n) is 3.05. The van der Waals surface area contributed by atoms with Crippen molar-refractivity contribution in [3.05, 3.63) is 0 Å². The summed E-state index contributed by atoms with van der Waals surface area (Å²) in [5.41, 5.74) is 0. The van der Waals surface area contributed by atoms with Crippen LogP contribution in [0.25, 0.3) is 0 Å². The number of rotatable bonds is 8. The van der Waals surface area contributed by atoms with Crippen molar-refractivity contribution in [3.8, 4) is 0 Å². The second-order valence-corrected chi connectivity index (χ2v) is 6.71. The lowest BCUT2D eigenvalue weighted by Gasteiger charge is -2.26. The Bertz CT molecular complexity index is 204. The van der Waals surface area contributed by atoms with Gasteiger partial charge in [0.15, 0.2) is 0 Å². The van der Waals surface area contributed by atoms with E-state index >= 15 is 0 Å². The largest absolute Gasteiger partial charge is 0.229 e. The van der Waals surface area contributed by atoms with Gasteiger partial charge in [-0.3, -0.25) is 0 Å². The lowest BCUT2D eigenvalue weighted by atomic mass is 9.99. The normalized spacial score (nSPS) is 30.2. The molecule has 3 atom stereocenters. The monoisotopic (exact) mass is 290 g/mol. The zero-order valence-corrected chi connectivity index (χ0v) is 14.3. The van der Waals surface area contributed by atoms with Crippen LogP contribution >= 0.6 is 23.9 Å². The van der Waals surface area contributed by atoms with Gasteiger partial charge in [-0.05, 0) is 32.3 Å². The van der Waals surface area contributed by atoms with E-state index in [-0.39, 0.29) is 0 Å². The zero-order chi connectivity index (χ0) is 13.5. The molecule has 1 saturated heterocycles. The topological polar surface area (TPSA) is 6.48 Å². The summed E-state index contributed by atoms with van der Waals surface area (Å²) in [5.74, 6) is 0. The molecule has 1 aliphatic heterocycles. The van der Waals surface area contributed by atoms with E-state index in [4.69, 9.17) is 0 Å². The highest BCUT2D eigenvalue weighted by molar-refractivity contribution is 7.97. The molecule has 0 spiro atoms. The van der Waals surface area contributed by atoms with Gasteiger partial charge in [0.25, 0.3) is 0 Å². The molecule has 0 aliphatic carbocycles. The highest BCUT2D eigenvalue weighted by Gasteiger charge is 2.43. The average Bonchev–Trinajstić information content (AvgIpc) is 2.64. The molecule has 108 valence electrons. The zero-order valence-electron chi connectivity index (χ0n) is 12.7. The Labute approximate surface area is 123 Å². The van der Waals surface area contributed by atoms with Crippen molar-refractivity contribution < 1.29 is 0 Å². The maximum absolute atomic E-state index is 2.63. The van der Waals surface area contributed by atoms with E-state index in [0.717, 1.165) is 12.1 Å². The van der Waals surface area contributed by atoms with Gasteiger partial charge in [-0.2, -0.15) is 0 Å². The van der Waals surface area contributed by atoms with Crippen LogP contribution in [0.5, 0.6) is 0 Å². The fourth-order valence-corrected chi connectivity index (χ4v) is 4.95. The van der Waals surface area contributed by atoms with Crippen molar-refractivity contribution in [2.45, 2.75) is 77.5 Å². The summed E-state index contributed by atoms with van der Waals surface area (Å²) in [6, 6.07) is 1.49. The van der Waals surface area contributed by atoms with E-state index in [0.29, 0.717) is 6.17 Å². The molecule has 18 heavy (non-hydrogen) atoms. The van der Waals surface area contributed by atoms with E-state index in [9.17, 15) is 0 Å². The number of hydrogen-bond donors (Lipinski definition) is 0. The summed E-state index contributed by atoms with van der Waals surface area (Å²) >= 11 is 3.87. The van der Waals surface area contributed by atoms with Crippen LogP contribution in [0.2, 0.25) is 0 Å². The Morgan fingerprint density at radius 3 is 1.50 bits per heavy atom. The Hall–Kier alpha value is 0.620. The lowest BCUT2D eigenvalue weighted by molar-refractivity contribution is 0.315. The van der Waals surface area contributed by atoms with Crippen LogP contribution in [-0.2, 0) is 0 Å². The summed E-state index contributed by atoms with van der Waals surface area (Å²) in [6.45, 7) is 6.96. The Morgan fingerprint density at radius 2 is 1.22 bits per heavy atom. The number of unbranched alkanes of at least 4 members (excludes halogenated alkanes) is 2. The number of nitrogens with zero attached hydrogens (tertiary/aromatic N) is 2. The molecular formula is C14H30N2S2. The van der Waals surface area contributed by atoms with Crippen molar-refractivity contribution >= 4 is 23.9 Å². The average molecular weight is 291 g/mol. The molecule has 0 aromatic rings. The predicted octanol–water partition coefficient (Wildman–Crippen LogP) is 4.62. The van der Waals surface area contributed by atoms with Crippen LogP contribution in [0.4, 0.5) is 0 Å². The van der Waals surface area contributed by atoms with Gasteiger partial charge in [0.1, 0.15) is 0 Å². The molecule has 2 nitrogen and oxygen atoms in total. The highest BCUT2D eigenvalue weighted by atomic mass is 32.2. The molecule has 0 bridgehead atoms. The minimum absolute atomic E-state index is 0.568. The molecule has 2 unspecified atom stereocenters. The van der Waals surface area contributed by atoms with Gasteiger partial charge >= 0.3 is 0 Å². The van der Waals surface area contributed by atoms with Crippen LogP contribution < -0.4 is 0 Å². The number of hydrogen-bond acceptors (Lipinski definition) is 4. The molecule has 0 saturated carbocycles. The Morgan fingerprint density at radius 1 is 0.833 bits per heavy atom. The predicted molar refractivity (Wildman–Crippen MR) is 86.8 cm³/mol. The van der Waals surface area contributed by atoms with E-state index in [1.807, 2.05) is 23.9 Å². The highest BCUT2D eigenvalue weighted by Crippen LogP contribution is 2.39. The van der Waals surface area contributed by atoms with Gasteiger partial charge in [-0.15, -0.1) is 0 Å². The first-order chi connectivity index (χ1) is 8.71. The molecule has 4 heteroatoms. The second-order valence-electron chi connectivity index (χ2n) is 5.14. The van der Waals surface area contributed by atoms with Gasteiger partial charge in [0.2, 0.25) is 0 Å².